The van der Waals surface area contributed by atoms with E-state index in [1.165, 1.54) is 6.07 Å². The van der Waals surface area contributed by atoms with Crippen LogP contribution < -0.4 is 5.32 Å². The van der Waals surface area contributed by atoms with Crippen molar-refractivity contribution in [3.63, 3.8) is 0 Å². The number of nitriles is 1. The molecule has 1 fully saturated rings. The first-order chi connectivity index (χ1) is 8.72. The van der Waals surface area contributed by atoms with Gasteiger partial charge in [-0.2, -0.15) is 5.26 Å². The van der Waals surface area contributed by atoms with Gasteiger partial charge >= 0.3 is 0 Å². The zero-order valence-electron chi connectivity index (χ0n) is 10.4. The van der Waals surface area contributed by atoms with Crippen molar-refractivity contribution in [1.82, 2.24) is 5.32 Å². The van der Waals surface area contributed by atoms with Crippen LogP contribution >= 0.6 is 0 Å². The third-order valence-corrected chi connectivity index (χ3v) is 3.32. The summed E-state index contributed by atoms with van der Waals surface area (Å²) in [6.07, 6.45) is 2.46. The summed E-state index contributed by atoms with van der Waals surface area (Å²) < 4.78 is 18.8. The predicted octanol–water partition coefficient (Wildman–Crippen LogP) is 2.21. The quantitative estimate of drug-likeness (QED) is 0.869. The number of nitrogens with one attached hydrogen (secondary N) is 1. The molecule has 0 amide bonds. The Balaban J connectivity index is 1.80. The SMILES string of the molecule is CNCC1CC(OCc2ccc(F)c(C#N)c2)C1. The summed E-state index contributed by atoms with van der Waals surface area (Å²) in [5.41, 5.74) is 0.933. The molecule has 3 nitrogen and oxygen atoms in total. The van der Waals surface area contributed by atoms with Crippen LogP contribution in [0.4, 0.5) is 4.39 Å². The van der Waals surface area contributed by atoms with Crippen LogP contribution in [0.2, 0.25) is 0 Å². The number of halogens is 1. The average Bonchev–Trinajstić information content (AvgIpc) is 2.33. The summed E-state index contributed by atoms with van der Waals surface area (Å²) in [4.78, 5) is 0. The molecule has 1 N–H and O–H groups in total. The Labute approximate surface area is 107 Å². The highest BCUT2D eigenvalue weighted by atomic mass is 19.1. The normalized spacial score (nSPS) is 22.3. The third-order valence-electron chi connectivity index (χ3n) is 3.32. The van der Waals surface area contributed by atoms with E-state index >= 15 is 0 Å². The van der Waals surface area contributed by atoms with Crippen molar-refractivity contribution in [3.05, 3.63) is 35.1 Å². The van der Waals surface area contributed by atoms with Crippen molar-refractivity contribution >= 4 is 0 Å². The molecular weight excluding hydrogens is 231 g/mol. The maximum Gasteiger partial charge on any atom is 0.140 e. The number of nitrogens with zero attached hydrogens (tertiary/aromatic N) is 1. The van der Waals surface area contributed by atoms with Crippen LogP contribution in [0.3, 0.4) is 0 Å². The van der Waals surface area contributed by atoms with E-state index in [9.17, 15) is 4.39 Å². The first kappa shape index (κ1) is 13.0. The lowest BCUT2D eigenvalue weighted by Gasteiger charge is -2.35. The van der Waals surface area contributed by atoms with E-state index in [0.29, 0.717) is 18.6 Å². The molecule has 1 aromatic rings. The lowest BCUT2D eigenvalue weighted by atomic mass is 9.82. The van der Waals surface area contributed by atoms with E-state index in [2.05, 4.69) is 5.32 Å². The van der Waals surface area contributed by atoms with Gasteiger partial charge in [-0.05, 0) is 50.0 Å². The lowest BCUT2D eigenvalue weighted by molar-refractivity contribution is -0.0391. The number of benzene rings is 1. The van der Waals surface area contributed by atoms with Gasteiger partial charge in [0.05, 0.1) is 18.3 Å². The van der Waals surface area contributed by atoms with Crippen LogP contribution in [0.5, 0.6) is 0 Å². The molecule has 1 aliphatic carbocycles. The molecule has 0 spiro atoms. The fourth-order valence-electron chi connectivity index (χ4n) is 2.23. The Bertz CT molecular complexity index is 450. The number of hydrogen-bond acceptors (Lipinski definition) is 3. The monoisotopic (exact) mass is 248 g/mol. The highest BCUT2D eigenvalue weighted by Gasteiger charge is 2.28. The highest BCUT2D eigenvalue weighted by Crippen LogP contribution is 2.30. The Hall–Kier alpha value is -1.44. The van der Waals surface area contributed by atoms with Crippen molar-refractivity contribution in [1.29, 1.82) is 5.26 Å². The van der Waals surface area contributed by atoms with E-state index in [1.807, 2.05) is 13.1 Å². The van der Waals surface area contributed by atoms with Gasteiger partial charge in [0, 0.05) is 0 Å². The minimum Gasteiger partial charge on any atom is -0.374 e. The number of ether oxygens (including phenoxy) is 1. The summed E-state index contributed by atoms with van der Waals surface area (Å²) >= 11 is 0. The molecule has 18 heavy (non-hydrogen) atoms. The molecule has 0 bridgehead atoms. The Morgan fingerprint density at radius 3 is 2.94 bits per heavy atom. The smallest absolute Gasteiger partial charge is 0.140 e. The molecule has 96 valence electrons. The van der Waals surface area contributed by atoms with Gasteiger partial charge in [-0.1, -0.05) is 6.07 Å². The zero-order chi connectivity index (χ0) is 13.0. The Kier molecular flexibility index (Phi) is 4.29. The van der Waals surface area contributed by atoms with E-state index in [0.717, 1.165) is 24.9 Å². The molecule has 1 aliphatic rings. The number of rotatable bonds is 5. The lowest BCUT2D eigenvalue weighted by Crippen LogP contribution is -2.36. The molecule has 4 heteroatoms. The molecule has 0 saturated heterocycles. The van der Waals surface area contributed by atoms with Crippen LogP contribution in [-0.4, -0.2) is 19.7 Å². The second-order valence-corrected chi connectivity index (χ2v) is 4.75. The van der Waals surface area contributed by atoms with Crippen LogP contribution in [0.25, 0.3) is 0 Å². The topological polar surface area (TPSA) is 45.0 Å². The maximum absolute atomic E-state index is 13.1. The standard InChI is InChI=1S/C14H17FN2O/c1-17-8-11-5-13(6-11)18-9-10-2-3-14(15)12(4-10)7-16/h2-4,11,13,17H,5-6,8-9H2,1H3. The minimum absolute atomic E-state index is 0.0813. The Morgan fingerprint density at radius 1 is 1.50 bits per heavy atom. The molecule has 0 unspecified atom stereocenters. The fourth-order valence-corrected chi connectivity index (χ4v) is 2.23. The van der Waals surface area contributed by atoms with Crippen molar-refractivity contribution in [2.45, 2.75) is 25.6 Å². The molecule has 0 radical (unpaired) electrons. The van der Waals surface area contributed by atoms with Crippen molar-refractivity contribution in [3.8, 4) is 6.07 Å². The van der Waals surface area contributed by atoms with Crippen molar-refractivity contribution < 1.29 is 9.13 Å². The van der Waals surface area contributed by atoms with Crippen LogP contribution in [-0.2, 0) is 11.3 Å². The Morgan fingerprint density at radius 2 is 2.28 bits per heavy atom. The minimum atomic E-state index is -0.473. The van der Waals surface area contributed by atoms with E-state index in [-0.39, 0.29) is 5.56 Å². The van der Waals surface area contributed by atoms with Crippen LogP contribution in [0, 0.1) is 23.1 Å². The highest BCUT2D eigenvalue weighted by molar-refractivity contribution is 5.34. The molecule has 0 atom stereocenters. The van der Waals surface area contributed by atoms with Crippen LogP contribution in [0.15, 0.2) is 18.2 Å². The molecule has 0 aromatic heterocycles. The van der Waals surface area contributed by atoms with Crippen molar-refractivity contribution in [2.24, 2.45) is 5.92 Å². The van der Waals surface area contributed by atoms with Gasteiger partial charge in [0.25, 0.3) is 0 Å². The summed E-state index contributed by atoms with van der Waals surface area (Å²) in [6, 6.07) is 6.38. The van der Waals surface area contributed by atoms with Crippen molar-refractivity contribution in [2.75, 3.05) is 13.6 Å². The van der Waals surface area contributed by atoms with Gasteiger partial charge in [0.15, 0.2) is 0 Å². The summed E-state index contributed by atoms with van der Waals surface area (Å²) in [7, 11) is 1.95. The van der Waals surface area contributed by atoms with E-state index in [4.69, 9.17) is 10.00 Å². The second kappa shape index (κ2) is 5.94. The number of hydrogen-bond donors (Lipinski definition) is 1. The van der Waals surface area contributed by atoms with E-state index < -0.39 is 5.82 Å². The largest absolute Gasteiger partial charge is 0.374 e. The average molecular weight is 248 g/mol. The van der Waals surface area contributed by atoms with Gasteiger partial charge in [0.1, 0.15) is 11.9 Å². The van der Waals surface area contributed by atoms with E-state index in [1.54, 1.807) is 12.1 Å². The summed E-state index contributed by atoms with van der Waals surface area (Å²) in [6.45, 7) is 1.49. The molecule has 1 aromatic carbocycles. The van der Waals surface area contributed by atoms with Gasteiger partial charge in [-0.3, -0.25) is 0 Å². The van der Waals surface area contributed by atoms with Gasteiger partial charge in [0.2, 0.25) is 0 Å². The maximum atomic E-state index is 13.1. The van der Waals surface area contributed by atoms with Gasteiger partial charge in [-0.25, -0.2) is 4.39 Å². The first-order valence-electron chi connectivity index (χ1n) is 6.17. The molecule has 0 heterocycles. The predicted molar refractivity (Wildman–Crippen MR) is 66.3 cm³/mol. The molecule has 1 saturated carbocycles. The first-order valence-corrected chi connectivity index (χ1v) is 6.17. The molecule has 0 aliphatic heterocycles. The molecule has 2 rings (SSSR count). The van der Waals surface area contributed by atoms with Crippen LogP contribution in [0.1, 0.15) is 24.0 Å². The summed E-state index contributed by atoms with van der Waals surface area (Å²) in [5, 5.41) is 11.9. The van der Waals surface area contributed by atoms with Gasteiger partial charge < -0.3 is 10.1 Å². The fraction of sp³-hybridized carbons (Fsp3) is 0.500. The molecular formula is C14H17FN2O. The zero-order valence-corrected chi connectivity index (χ0v) is 10.4. The third kappa shape index (κ3) is 3.06. The summed E-state index contributed by atoms with van der Waals surface area (Å²) in [5.74, 6) is 0.238. The van der Waals surface area contributed by atoms with Gasteiger partial charge in [-0.15, -0.1) is 0 Å². The second-order valence-electron chi connectivity index (χ2n) is 4.75.